The van der Waals surface area contributed by atoms with Gasteiger partial charge in [0.05, 0.1) is 35.5 Å². The van der Waals surface area contributed by atoms with Crippen molar-refractivity contribution in [2.45, 2.75) is 0 Å². The highest BCUT2D eigenvalue weighted by Crippen LogP contribution is 2.39. The topological polar surface area (TPSA) is 76.1 Å². The molecule has 1 aromatic heterocycles. The van der Waals surface area contributed by atoms with Gasteiger partial charge in [-0.25, -0.2) is 4.98 Å². The Bertz CT molecular complexity index is 1000. The van der Waals surface area contributed by atoms with Crippen molar-refractivity contribution in [3.8, 4) is 39.3 Å². The quantitative estimate of drug-likeness (QED) is 0.513. The Kier molecular flexibility index (Phi) is 6.23. The number of thiazole rings is 1. The van der Waals surface area contributed by atoms with E-state index in [0.717, 1.165) is 5.56 Å². The lowest BCUT2D eigenvalue weighted by Crippen LogP contribution is -2.04. The molecular weight excluding hydrogens is 394 g/mol. The fourth-order valence-electron chi connectivity index (χ4n) is 2.84. The van der Waals surface area contributed by atoms with E-state index in [-0.39, 0.29) is 5.78 Å². The van der Waals surface area contributed by atoms with Gasteiger partial charge >= 0.3 is 0 Å². The largest absolute Gasteiger partial charge is 0.493 e. The molecule has 29 heavy (non-hydrogen) atoms. The van der Waals surface area contributed by atoms with Crippen LogP contribution in [0.25, 0.3) is 10.6 Å². The maximum absolute atomic E-state index is 13.0. The lowest BCUT2D eigenvalue weighted by atomic mass is 10.1. The van der Waals surface area contributed by atoms with Crippen LogP contribution in [-0.2, 0) is 0 Å². The molecule has 0 atom stereocenters. The van der Waals surface area contributed by atoms with Crippen LogP contribution in [0.15, 0.2) is 35.7 Å². The molecule has 0 radical (unpaired) electrons. The Labute approximate surface area is 172 Å². The van der Waals surface area contributed by atoms with Crippen LogP contribution in [-0.4, -0.2) is 46.3 Å². The number of carbonyl (C=O) groups excluding carboxylic acids is 1. The monoisotopic (exact) mass is 415 g/mol. The minimum absolute atomic E-state index is 0.243. The molecule has 0 unspecified atom stereocenters. The Morgan fingerprint density at radius 1 is 0.793 bits per heavy atom. The van der Waals surface area contributed by atoms with Crippen LogP contribution in [0.1, 0.15) is 16.1 Å². The Morgan fingerprint density at radius 3 is 1.97 bits per heavy atom. The molecule has 7 nitrogen and oxygen atoms in total. The number of methoxy groups -OCH3 is 5. The van der Waals surface area contributed by atoms with Crippen molar-refractivity contribution in [3.63, 3.8) is 0 Å². The van der Waals surface area contributed by atoms with Gasteiger partial charge in [-0.3, -0.25) is 4.79 Å². The van der Waals surface area contributed by atoms with E-state index in [4.69, 9.17) is 23.7 Å². The van der Waals surface area contributed by atoms with Crippen LogP contribution >= 0.6 is 11.3 Å². The van der Waals surface area contributed by atoms with Gasteiger partial charge in [0.2, 0.25) is 11.5 Å². The van der Waals surface area contributed by atoms with E-state index >= 15 is 0 Å². The molecule has 0 N–H and O–H groups in total. The number of rotatable bonds is 8. The normalized spacial score (nSPS) is 10.4. The van der Waals surface area contributed by atoms with Crippen molar-refractivity contribution in [1.29, 1.82) is 0 Å². The lowest BCUT2D eigenvalue weighted by Gasteiger charge is -2.13. The van der Waals surface area contributed by atoms with E-state index in [2.05, 4.69) is 4.98 Å². The Balaban J connectivity index is 1.96. The number of ether oxygens (including phenoxy) is 5. The minimum Gasteiger partial charge on any atom is -0.493 e. The van der Waals surface area contributed by atoms with Gasteiger partial charge < -0.3 is 23.7 Å². The van der Waals surface area contributed by atoms with Crippen molar-refractivity contribution in [2.75, 3.05) is 35.5 Å². The van der Waals surface area contributed by atoms with Gasteiger partial charge in [0, 0.05) is 16.5 Å². The molecule has 0 fully saturated rings. The average molecular weight is 415 g/mol. The highest BCUT2D eigenvalue weighted by atomic mass is 32.1. The van der Waals surface area contributed by atoms with Crippen molar-refractivity contribution in [3.05, 3.63) is 47.0 Å². The van der Waals surface area contributed by atoms with Crippen LogP contribution in [0.3, 0.4) is 0 Å². The van der Waals surface area contributed by atoms with Crippen LogP contribution < -0.4 is 23.7 Å². The molecule has 0 amide bonds. The fraction of sp³-hybridized carbons (Fsp3) is 0.238. The third-order valence-electron chi connectivity index (χ3n) is 4.29. The molecule has 0 saturated heterocycles. The zero-order valence-corrected chi connectivity index (χ0v) is 17.6. The van der Waals surface area contributed by atoms with E-state index in [9.17, 15) is 4.79 Å². The SMILES string of the molecule is COc1ccc(-c2nc(C(=O)c3cc(OC)c(OC)c(OC)c3)cs2)cc1OC. The highest BCUT2D eigenvalue weighted by molar-refractivity contribution is 7.13. The third kappa shape index (κ3) is 3.97. The standard InChI is InChI=1S/C21H21NO6S/c1-24-15-7-6-12(8-16(15)25-2)21-22-14(11-29-21)19(23)13-9-17(26-3)20(28-5)18(10-13)27-4/h6-11H,1-5H3. The van der Waals surface area contributed by atoms with Crippen molar-refractivity contribution in [2.24, 2.45) is 0 Å². The second-order valence-corrected chi connectivity index (χ2v) is 6.71. The predicted octanol–water partition coefficient (Wildman–Crippen LogP) is 4.08. The number of hydrogen-bond acceptors (Lipinski definition) is 8. The Morgan fingerprint density at radius 2 is 1.41 bits per heavy atom. The summed E-state index contributed by atoms with van der Waals surface area (Å²) in [6.45, 7) is 0. The van der Waals surface area contributed by atoms with Gasteiger partial charge in [-0.1, -0.05) is 0 Å². The first-order chi connectivity index (χ1) is 14.1. The molecule has 1 heterocycles. The molecule has 0 aliphatic rings. The maximum atomic E-state index is 13.0. The van der Waals surface area contributed by atoms with Gasteiger partial charge in [0.1, 0.15) is 10.7 Å². The summed E-state index contributed by atoms with van der Waals surface area (Å²) in [6, 6.07) is 8.72. The van der Waals surface area contributed by atoms with E-state index in [1.807, 2.05) is 12.1 Å². The molecular formula is C21H21NO6S. The average Bonchev–Trinajstić information content (AvgIpc) is 3.27. The second kappa shape index (κ2) is 8.83. The van der Waals surface area contributed by atoms with E-state index in [1.165, 1.54) is 32.7 Å². The maximum Gasteiger partial charge on any atom is 0.212 e. The summed E-state index contributed by atoms with van der Waals surface area (Å²) in [5.41, 5.74) is 1.55. The molecule has 8 heteroatoms. The highest BCUT2D eigenvalue weighted by Gasteiger charge is 2.20. The summed E-state index contributed by atoms with van der Waals surface area (Å²) in [6.07, 6.45) is 0. The van der Waals surface area contributed by atoms with Crippen LogP contribution in [0, 0.1) is 0 Å². The number of carbonyl (C=O) groups is 1. The lowest BCUT2D eigenvalue weighted by molar-refractivity contribution is 0.103. The molecule has 0 aliphatic heterocycles. The van der Waals surface area contributed by atoms with Gasteiger partial charge in [0.15, 0.2) is 23.0 Å². The second-order valence-electron chi connectivity index (χ2n) is 5.85. The number of hydrogen-bond donors (Lipinski definition) is 0. The van der Waals surface area contributed by atoms with Crippen LogP contribution in [0.5, 0.6) is 28.7 Å². The molecule has 152 valence electrons. The predicted molar refractivity (Wildman–Crippen MR) is 110 cm³/mol. The van der Waals surface area contributed by atoms with E-state index < -0.39 is 0 Å². The summed E-state index contributed by atoms with van der Waals surface area (Å²) in [4.78, 5) is 17.5. The Hall–Kier alpha value is -3.26. The molecule has 0 spiro atoms. The molecule has 2 aromatic carbocycles. The van der Waals surface area contributed by atoms with Crippen LogP contribution in [0.2, 0.25) is 0 Å². The number of ketones is 1. The van der Waals surface area contributed by atoms with Crippen LogP contribution in [0.4, 0.5) is 0 Å². The summed E-state index contributed by atoms with van der Waals surface area (Å²) in [7, 11) is 7.67. The first kappa shape index (κ1) is 20.5. The zero-order valence-electron chi connectivity index (χ0n) is 16.8. The first-order valence-electron chi connectivity index (χ1n) is 8.58. The van der Waals surface area contributed by atoms with Gasteiger partial charge in [-0.15, -0.1) is 11.3 Å². The van der Waals surface area contributed by atoms with E-state index in [1.54, 1.807) is 37.8 Å². The number of aromatic nitrogens is 1. The van der Waals surface area contributed by atoms with Crippen molar-refractivity contribution in [1.82, 2.24) is 4.98 Å². The van der Waals surface area contributed by atoms with Gasteiger partial charge in [-0.05, 0) is 30.3 Å². The summed E-state index contributed by atoms with van der Waals surface area (Å²) < 4.78 is 26.6. The first-order valence-corrected chi connectivity index (χ1v) is 9.46. The number of nitrogens with zero attached hydrogens (tertiary/aromatic N) is 1. The third-order valence-corrected chi connectivity index (χ3v) is 5.19. The molecule has 3 rings (SSSR count). The molecule has 0 aliphatic carbocycles. The minimum atomic E-state index is -0.243. The van der Waals surface area contributed by atoms with Gasteiger partial charge in [-0.2, -0.15) is 0 Å². The zero-order chi connectivity index (χ0) is 21.0. The van der Waals surface area contributed by atoms with Gasteiger partial charge in [0.25, 0.3) is 0 Å². The fourth-order valence-corrected chi connectivity index (χ4v) is 3.64. The van der Waals surface area contributed by atoms with Crippen molar-refractivity contribution < 1.29 is 28.5 Å². The molecule has 0 bridgehead atoms. The summed E-state index contributed by atoms with van der Waals surface area (Å²) in [5, 5.41) is 2.42. The molecule has 3 aromatic rings. The summed E-state index contributed by atoms with van der Waals surface area (Å²) >= 11 is 1.37. The van der Waals surface area contributed by atoms with Crippen molar-refractivity contribution >= 4 is 17.1 Å². The van der Waals surface area contributed by atoms with E-state index in [0.29, 0.717) is 45.0 Å². The smallest absolute Gasteiger partial charge is 0.212 e. The number of benzene rings is 2. The molecule has 0 saturated carbocycles. The summed E-state index contributed by atoms with van der Waals surface area (Å²) in [5.74, 6) is 2.22.